The van der Waals surface area contributed by atoms with E-state index in [1.165, 1.54) is 18.5 Å². The molecule has 0 aliphatic heterocycles. The third-order valence-corrected chi connectivity index (χ3v) is 3.65. The number of benzene rings is 1. The summed E-state index contributed by atoms with van der Waals surface area (Å²) in [7, 11) is 0. The number of hydrogen-bond donors (Lipinski definition) is 1. The van der Waals surface area contributed by atoms with Crippen LogP contribution in [0.4, 0.5) is 0 Å². The number of aryl methyl sites for hydroxylation is 1. The van der Waals surface area contributed by atoms with Crippen molar-refractivity contribution in [2.45, 2.75) is 45.6 Å². The van der Waals surface area contributed by atoms with E-state index in [4.69, 9.17) is 0 Å². The second kappa shape index (κ2) is 7.85. The summed E-state index contributed by atoms with van der Waals surface area (Å²) in [6, 6.07) is 13.1. The molecule has 0 aliphatic carbocycles. The number of para-hydroxylation sites is 1. The van der Waals surface area contributed by atoms with Gasteiger partial charge in [0, 0.05) is 17.9 Å². The van der Waals surface area contributed by atoms with Crippen LogP contribution in [0.1, 0.15) is 38.8 Å². The predicted molar refractivity (Wildman–Crippen MR) is 84.3 cm³/mol. The predicted octanol–water partition coefficient (Wildman–Crippen LogP) is 3.58. The molecule has 0 saturated heterocycles. The lowest BCUT2D eigenvalue weighted by molar-refractivity contribution is 0.464. The van der Waals surface area contributed by atoms with Gasteiger partial charge in [-0.05, 0) is 50.4 Å². The largest absolute Gasteiger partial charge is 0.314 e. The Kier molecular flexibility index (Phi) is 5.81. The first-order chi connectivity index (χ1) is 9.85. The smallest absolute Gasteiger partial charge is 0.0648 e. The molecule has 0 spiro atoms. The second-order valence-corrected chi connectivity index (χ2v) is 5.17. The van der Waals surface area contributed by atoms with Crippen LogP contribution < -0.4 is 5.32 Å². The fraction of sp³-hybridized carbons (Fsp3) is 0.471. The van der Waals surface area contributed by atoms with Crippen LogP contribution in [0.5, 0.6) is 0 Å². The molecule has 0 fully saturated rings. The maximum Gasteiger partial charge on any atom is 0.0648 e. The van der Waals surface area contributed by atoms with E-state index in [1.807, 2.05) is 16.9 Å². The summed E-state index contributed by atoms with van der Waals surface area (Å²) in [6.07, 6.45) is 6.49. The summed E-state index contributed by atoms with van der Waals surface area (Å²) in [4.78, 5) is 0. The lowest BCUT2D eigenvalue weighted by atomic mass is 10.1. The summed E-state index contributed by atoms with van der Waals surface area (Å²) in [6.45, 7) is 5.57. The van der Waals surface area contributed by atoms with Gasteiger partial charge in [0.25, 0.3) is 0 Å². The minimum Gasteiger partial charge on any atom is -0.314 e. The van der Waals surface area contributed by atoms with E-state index in [1.54, 1.807) is 0 Å². The van der Waals surface area contributed by atoms with Crippen molar-refractivity contribution in [3.8, 4) is 5.69 Å². The number of rotatable bonds is 8. The van der Waals surface area contributed by atoms with Crippen LogP contribution >= 0.6 is 0 Å². The zero-order chi connectivity index (χ0) is 14.2. The topological polar surface area (TPSA) is 29.9 Å². The molecule has 3 heteroatoms. The quantitative estimate of drug-likeness (QED) is 0.795. The molecule has 20 heavy (non-hydrogen) atoms. The summed E-state index contributed by atoms with van der Waals surface area (Å²) in [5.74, 6) is 0. The minimum atomic E-state index is 0.606. The Balaban J connectivity index is 1.99. The Morgan fingerprint density at radius 2 is 1.95 bits per heavy atom. The SMILES string of the molecule is CCCNC(CC)CCc1ccnn1-c1ccccc1. The fourth-order valence-electron chi connectivity index (χ4n) is 2.44. The first kappa shape index (κ1) is 14.8. The summed E-state index contributed by atoms with van der Waals surface area (Å²) >= 11 is 0. The maximum absolute atomic E-state index is 4.45. The van der Waals surface area contributed by atoms with E-state index < -0.39 is 0 Å². The molecule has 0 bridgehead atoms. The van der Waals surface area contributed by atoms with E-state index in [9.17, 15) is 0 Å². The first-order valence-electron chi connectivity index (χ1n) is 7.66. The molecule has 1 atom stereocenters. The van der Waals surface area contributed by atoms with E-state index >= 15 is 0 Å². The number of aromatic nitrogens is 2. The van der Waals surface area contributed by atoms with E-state index in [0.717, 1.165) is 25.1 Å². The van der Waals surface area contributed by atoms with Gasteiger partial charge in [0.15, 0.2) is 0 Å². The van der Waals surface area contributed by atoms with Gasteiger partial charge in [0.1, 0.15) is 0 Å². The zero-order valence-electron chi connectivity index (χ0n) is 12.5. The van der Waals surface area contributed by atoms with E-state index in [2.05, 4.69) is 54.6 Å². The van der Waals surface area contributed by atoms with Gasteiger partial charge in [-0.3, -0.25) is 0 Å². The Morgan fingerprint density at radius 3 is 2.65 bits per heavy atom. The Bertz CT molecular complexity index is 490. The van der Waals surface area contributed by atoms with E-state index in [0.29, 0.717) is 6.04 Å². The van der Waals surface area contributed by atoms with Crippen molar-refractivity contribution in [2.24, 2.45) is 0 Å². The fourth-order valence-corrected chi connectivity index (χ4v) is 2.44. The monoisotopic (exact) mass is 271 g/mol. The molecule has 1 aromatic heterocycles. The molecule has 1 N–H and O–H groups in total. The molecule has 1 heterocycles. The Labute approximate surface area is 122 Å². The third kappa shape index (κ3) is 3.94. The highest BCUT2D eigenvalue weighted by atomic mass is 15.3. The number of nitrogens with one attached hydrogen (secondary N) is 1. The van der Waals surface area contributed by atoms with Gasteiger partial charge >= 0.3 is 0 Å². The van der Waals surface area contributed by atoms with Gasteiger partial charge in [-0.2, -0.15) is 5.10 Å². The van der Waals surface area contributed by atoms with Gasteiger partial charge in [-0.15, -0.1) is 0 Å². The highest BCUT2D eigenvalue weighted by Crippen LogP contribution is 2.13. The molecule has 0 aliphatic rings. The van der Waals surface area contributed by atoms with Crippen LogP contribution in [-0.4, -0.2) is 22.4 Å². The van der Waals surface area contributed by atoms with Gasteiger partial charge < -0.3 is 5.32 Å². The lowest BCUT2D eigenvalue weighted by Gasteiger charge is -2.16. The summed E-state index contributed by atoms with van der Waals surface area (Å²) < 4.78 is 2.05. The molecule has 108 valence electrons. The minimum absolute atomic E-state index is 0.606. The third-order valence-electron chi connectivity index (χ3n) is 3.65. The standard InChI is InChI=1S/C17H25N3/c1-3-13-18-15(4-2)10-11-17-12-14-19-20(17)16-8-6-5-7-9-16/h5-9,12,14-15,18H,3-4,10-11,13H2,1-2H3. The van der Waals surface area contributed by atoms with Crippen LogP contribution in [0.15, 0.2) is 42.6 Å². The number of hydrogen-bond acceptors (Lipinski definition) is 2. The van der Waals surface area contributed by atoms with Crippen LogP contribution in [0, 0.1) is 0 Å². The molecule has 2 aromatic rings. The van der Waals surface area contributed by atoms with Gasteiger partial charge in [0.05, 0.1) is 5.69 Å². The van der Waals surface area contributed by atoms with Crippen LogP contribution in [0.3, 0.4) is 0 Å². The van der Waals surface area contributed by atoms with Crippen molar-refractivity contribution < 1.29 is 0 Å². The van der Waals surface area contributed by atoms with Crippen molar-refractivity contribution in [1.29, 1.82) is 0 Å². The molecule has 0 amide bonds. The Morgan fingerprint density at radius 1 is 1.15 bits per heavy atom. The van der Waals surface area contributed by atoms with Crippen molar-refractivity contribution in [1.82, 2.24) is 15.1 Å². The highest BCUT2D eigenvalue weighted by molar-refractivity contribution is 5.32. The molecule has 0 radical (unpaired) electrons. The lowest BCUT2D eigenvalue weighted by Crippen LogP contribution is -2.29. The van der Waals surface area contributed by atoms with Crippen molar-refractivity contribution in [3.63, 3.8) is 0 Å². The molecular weight excluding hydrogens is 246 g/mol. The van der Waals surface area contributed by atoms with E-state index in [-0.39, 0.29) is 0 Å². The number of nitrogens with zero attached hydrogens (tertiary/aromatic N) is 2. The van der Waals surface area contributed by atoms with Crippen LogP contribution in [0.2, 0.25) is 0 Å². The summed E-state index contributed by atoms with van der Waals surface area (Å²) in [5.41, 5.74) is 2.43. The average molecular weight is 271 g/mol. The maximum atomic E-state index is 4.45. The molecule has 2 rings (SSSR count). The van der Waals surface area contributed by atoms with Gasteiger partial charge in [-0.1, -0.05) is 32.0 Å². The molecule has 1 aromatic carbocycles. The van der Waals surface area contributed by atoms with Gasteiger partial charge in [-0.25, -0.2) is 4.68 Å². The van der Waals surface area contributed by atoms with Crippen molar-refractivity contribution in [2.75, 3.05) is 6.54 Å². The normalized spacial score (nSPS) is 12.5. The summed E-state index contributed by atoms with van der Waals surface area (Å²) in [5, 5.41) is 8.06. The first-order valence-corrected chi connectivity index (χ1v) is 7.66. The second-order valence-electron chi connectivity index (χ2n) is 5.17. The Hall–Kier alpha value is -1.61. The van der Waals surface area contributed by atoms with Crippen molar-refractivity contribution >= 4 is 0 Å². The zero-order valence-corrected chi connectivity index (χ0v) is 12.5. The van der Waals surface area contributed by atoms with Crippen molar-refractivity contribution in [3.05, 3.63) is 48.3 Å². The molecular formula is C17H25N3. The highest BCUT2D eigenvalue weighted by Gasteiger charge is 2.09. The van der Waals surface area contributed by atoms with Gasteiger partial charge in [0.2, 0.25) is 0 Å². The molecule has 1 unspecified atom stereocenters. The molecule has 0 saturated carbocycles. The average Bonchev–Trinajstić information content (AvgIpc) is 2.97. The van der Waals surface area contributed by atoms with Crippen LogP contribution in [0.25, 0.3) is 5.69 Å². The molecule has 3 nitrogen and oxygen atoms in total. The van der Waals surface area contributed by atoms with Crippen LogP contribution in [-0.2, 0) is 6.42 Å².